The zero-order valence-corrected chi connectivity index (χ0v) is 17.0. The van der Waals surface area contributed by atoms with Gasteiger partial charge in [-0.05, 0) is 48.6 Å². The van der Waals surface area contributed by atoms with Gasteiger partial charge in [0.05, 0.1) is 29.6 Å². The van der Waals surface area contributed by atoms with Crippen LogP contribution in [0, 0.1) is 0 Å². The Hall–Kier alpha value is -1.67. The standard InChI is InChI=1S/C18H17BrClN3O2S/c19-13-6-4-12(5-7-13)17(24)22-18(26)21-15-3-1-2-14(20)16(15)23-8-10-25-11-9-23/h1-7H,8-11H2,(H2,21,22,24,26). The van der Waals surface area contributed by atoms with Gasteiger partial charge < -0.3 is 15.0 Å². The SMILES string of the molecule is O=C(NC(=S)Nc1cccc(Cl)c1N1CCOCC1)c1ccc(Br)cc1. The first-order valence-corrected chi connectivity index (χ1v) is 9.61. The van der Waals surface area contributed by atoms with E-state index in [-0.39, 0.29) is 11.0 Å². The molecular weight excluding hydrogens is 438 g/mol. The highest BCUT2D eigenvalue weighted by Gasteiger charge is 2.19. The van der Waals surface area contributed by atoms with Crippen LogP contribution < -0.4 is 15.5 Å². The molecule has 1 fully saturated rings. The lowest BCUT2D eigenvalue weighted by Gasteiger charge is -2.31. The van der Waals surface area contributed by atoms with Crippen LogP contribution in [0.1, 0.15) is 10.4 Å². The zero-order chi connectivity index (χ0) is 18.5. The molecule has 0 unspecified atom stereocenters. The normalized spacial score (nSPS) is 14.0. The van der Waals surface area contributed by atoms with Crippen molar-refractivity contribution >= 4 is 62.1 Å². The number of rotatable bonds is 3. The van der Waals surface area contributed by atoms with Crippen LogP contribution in [0.2, 0.25) is 5.02 Å². The maximum Gasteiger partial charge on any atom is 0.257 e. The van der Waals surface area contributed by atoms with Crippen molar-refractivity contribution in [1.29, 1.82) is 0 Å². The molecule has 0 spiro atoms. The van der Waals surface area contributed by atoms with Gasteiger partial charge >= 0.3 is 0 Å². The van der Waals surface area contributed by atoms with Gasteiger partial charge in [0.25, 0.3) is 5.91 Å². The number of amides is 1. The van der Waals surface area contributed by atoms with Gasteiger partial charge in [0, 0.05) is 23.1 Å². The van der Waals surface area contributed by atoms with Crippen molar-refractivity contribution in [3.63, 3.8) is 0 Å². The molecule has 1 saturated heterocycles. The number of nitrogens with zero attached hydrogens (tertiary/aromatic N) is 1. The molecule has 1 aliphatic heterocycles. The summed E-state index contributed by atoms with van der Waals surface area (Å²) >= 11 is 15.1. The second-order valence-electron chi connectivity index (χ2n) is 5.65. The zero-order valence-electron chi connectivity index (χ0n) is 13.8. The molecule has 136 valence electrons. The number of carbonyl (C=O) groups excluding carboxylic acids is 1. The van der Waals surface area contributed by atoms with E-state index in [0.717, 1.165) is 28.9 Å². The minimum atomic E-state index is -0.273. The minimum absolute atomic E-state index is 0.217. The second kappa shape index (κ2) is 8.81. The third-order valence-corrected chi connectivity index (χ3v) is 4.93. The van der Waals surface area contributed by atoms with Gasteiger partial charge in [-0.3, -0.25) is 10.1 Å². The number of benzene rings is 2. The third kappa shape index (κ3) is 4.73. The number of ether oxygens (including phenoxy) is 1. The molecular formula is C18H17BrClN3O2S. The summed E-state index contributed by atoms with van der Waals surface area (Å²) in [6.07, 6.45) is 0. The van der Waals surface area contributed by atoms with Gasteiger partial charge in [-0.2, -0.15) is 0 Å². The lowest BCUT2D eigenvalue weighted by atomic mass is 10.2. The molecule has 0 radical (unpaired) electrons. The highest BCUT2D eigenvalue weighted by Crippen LogP contribution is 2.34. The van der Waals surface area contributed by atoms with Crippen molar-refractivity contribution in [3.05, 3.63) is 57.5 Å². The molecule has 5 nitrogen and oxygen atoms in total. The molecule has 0 atom stereocenters. The fourth-order valence-corrected chi connectivity index (χ4v) is 3.42. The first kappa shape index (κ1) is 19.1. The van der Waals surface area contributed by atoms with E-state index in [1.54, 1.807) is 24.3 Å². The summed E-state index contributed by atoms with van der Waals surface area (Å²) in [5.41, 5.74) is 2.13. The average Bonchev–Trinajstić information content (AvgIpc) is 2.63. The fraction of sp³-hybridized carbons (Fsp3) is 0.222. The van der Waals surface area contributed by atoms with E-state index in [2.05, 4.69) is 31.5 Å². The number of hydrogen-bond donors (Lipinski definition) is 2. The van der Waals surface area contributed by atoms with Crippen LogP contribution in [-0.4, -0.2) is 37.3 Å². The second-order valence-corrected chi connectivity index (χ2v) is 7.38. The number of thiocarbonyl (C=S) groups is 1. The maximum atomic E-state index is 12.3. The molecule has 0 bridgehead atoms. The van der Waals surface area contributed by atoms with E-state index in [1.165, 1.54) is 0 Å². The van der Waals surface area contributed by atoms with Crippen molar-refractivity contribution in [2.45, 2.75) is 0 Å². The van der Waals surface area contributed by atoms with E-state index < -0.39 is 0 Å². The first-order chi connectivity index (χ1) is 12.5. The van der Waals surface area contributed by atoms with Gasteiger partial charge in [0.1, 0.15) is 0 Å². The number of morpholine rings is 1. The van der Waals surface area contributed by atoms with Crippen LogP contribution in [0.15, 0.2) is 46.9 Å². The van der Waals surface area contributed by atoms with Gasteiger partial charge in [0.2, 0.25) is 0 Å². The molecule has 1 aliphatic rings. The summed E-state index contributed by atoms with van der Waals surface area (Å²) in [6, 6.07) is 12.6. The molecule has 0 aromatic heterocycles. The Morgan fingerprint density at radius 1 is 1.15 bits per heavy atom. The van der Waals surface area contributed by atoms with Crippen molar-refractivity contribution in [2.24, 2.45) is 0 Å². The number of carbonyl (C=O) groups is 1. The van der Waals surface area contributed by atoms with Gasteiger partial charge in [0.15, 0.2) is 5.11 Å². The summed E-state index contributed by atoms with van der Waals surface area (Å²) in [5, 5.41) is 6.62. The Labute approximate surface area is 170 Å². The van der Waals surface area contributed by atoms with Crippen LogP contribution in [0.25, 0.3) is 0 Å². The molecule has 0 aliphatic carbocycles. The Bertz CT molecular complexity index is 811. The number of hydrogen-bond acceptors (Lipinski definition) is 4. The fourth-order valence-electron chi connectivity index (χ4n) is 2.65. The molecule has 26 heavy (non-hydrogen) atoms. The molecule has 1 amide bonds. The summed E-state index contributed by atoms with van der Waals surface area (Å²) < 4.78 is 6.31. The number of anilines is 2. The molecule has 0 saturated carbocycles. The maximum absolute atomic E-state index is 12.3. The molecule has 2 aromatic carbocycles. The summed E-state index contributed by atoms with van der Waals surface area (Å²) in [6.45, 7) is 2.79. The highest BCUT2D eigenvalue weighted by molar-refractivity contribution is 9.10. The van der Waals surface area contributed by atoms with Crippen molar-refractivity contribution < 1.29 is 9.53 Å². The third-order valence-electron chi connectivity index (χ3n) is 3.90. The highest BCUT2D eigenvalue weighted by atomic mass is 79.9. The first-order valence-electron chi connectivity index (χ1n) is 8.04. The van der Waals surface area contributed by atoms with Gasteiger partial charge in [-0.25, -0.2) is 0 Å². The van der Waals surface area contributed by atoms with Crippen LogP contribution in [0.5, 0.6) is 0 Å². The van der Waals surface area contributed by atoms with Crippen LogP contribution >= 0.6 is 39.7 Å². The number of halogens is 2. The van der Waals surface area contributed by atoms with Crippen LogP contribution in [0.3, 0.4) is 0 Å². The predicted molar refractivity (Wildman–Crippen MR) is 112 cm³/mol. The van der Waals surface area contributed by atoms with E-state index in [1.807, 2.05) is 18.2 Å². The molecule has 2 aromatic rings. The molecule has 1 heterocycles. The largest absolute Gasteiger partial charge is 0.378 e. The van der Waals surface area contributed by atoms with Crippen molar-refractivity contribution in [1.82, 2.24) is 5.32 Å². The topological polar surface area (TPSA) is 53.6 Å². The number of para-hydroxylation sites is 1. The van der Waals surface area contributed by atoms with Gasteiger partial charge in [-0.1, -0.05) is 33.6 Å². The van der Waals surface area contributed by atoms with E-state index in [9.17, 15) is 4.79 Å². The summed E-state index contributed by atoms with van der Waals surface area (Å²) in [7, 11) is 0. The van der Waals surface area contributed by atoms with Crippen LogP contribution in [-0.2, 0) is 4.74 Å². The minimum Gasteiger partial charge on any atom is -0.378 e. The van der Waals surface area contributed by atoms with E-state index in [0.29, 0.717) is 23.8 Å². The lowest BCUT2D eigenvalue weighted by molar-refractivity contribution is 0.0977. The quantitative estimate of drug-likeness (QED) is 0.685. The van der Waals surface area contributed by atoms with Crippen molar-refractivity contribution in [3.8, 4) is 0 Å². The predicted octanol–water partition coefficient (Wildman–Crippen LogP) is 4.07. The molecule has 3 rings (SSSR count). The summed E-state index contributed by atoms with van der Waals surface area (Å²) in [4.78, 5) is 14.4. The Morgan fingerprint density at radius 3 is 2.54 bits per heavy atom. The smallest absolute Gasteiger partial charge is 0.257 e. The number of nitrogens with one attached hydrogen (secondary N) is 2. The molecule has 2 N–H and O–H groups in total. The van der Waals surface area contributed by atoms with E-state index >= 15 is 0 Å². The average molecular weight is 455 g/mol. The molecule has 8 heteroatoms. The van der Waals surface area contributed by atoms with Crippen LogP contribution in [0.4, 0.5) is 11.4 Å². The lowest BCUT2D eigenvalue weighted by Crippen LogP contribution is -2.38. The Balaban J connectivity index is 1.72. The van der Waals surface area contributed by atoms with E-state index in [4.69, 9.17) is 28.6 Å². The Morgan fingerprint density at radius 2 is 1.85 bits per heavy atom. The van der Waals surface area contributed by atoms with Gasteiger partial charge in [-0.15, -0.1) is 0 Å². The van der Waals surface area contributed by atoms with Crippen molar-refractivity contribution in [2.75, 3.05) is 36.5 Å². The summed E-state index contributed by atoms with van der Waals surface area (Å²) in [5.74, 6) is -0.273. The Kier molecular flexibility index (Phi) is 6.48. The monoisotopic (exact) mass is 453 g/mol.